The highest BCUT2D eigenvalue weighted by atomic mass is 19.1. The van der Waals surface area contributed by atoms with E-state index in [1.165, 1.54) is 6.07 Å². The maximum absolute atomic E-state index is 13.7. The van der Waals surface area contributed by atoms with Crippen molar-refractivity contribution < 1.29 is 23.0 Å². The fraction of sp³-hybridized carbons (Fsp3) is 0.375. The molecule has 2 rings (SSSR count). The quantitative estimate of drug-likeness (QED) is 0.473. The van der Waals surface area contributed by atoms with E-state index in [1.54, 1.807) is 25.3 Å². The Hall–Kier alpha value is -2.93. The van der Waals surface area contributed by atoms with Crippen LogP contribution in [0.3, 0.4) is 0 Å². The van der Waals surface area contributed by atoms with Gasteiger partial charge in [-0.15, -0.1) is 0 Å². The number of amides is 1. The number of nitrogens with zero attached hydrogens (tertiary/aromatic N) is 1. The number of carbonyl (C=O) groups is 1. The van der Waals surface area contributed by atoms with Crippen molar-refractivity contribution >= 4 is 17.7 Å². The first-order valence-electron chi connectivity index (χ1n) is 10.4. The van der Waals surface area contributed by atoms with Gasteiger partial charge in [0.25, 0.3) is 0 Å². The maximum Gasteiger partial charge on any atom is 0.248 e. The fourth-order valence-electron chi connectivity index (χ4n) is 3.13. The van der Waals surface area contributed by atoms with Crippen molar-refractivity contribution in [2.75, 3.05) is 38.7 Å². The van der Waals surface area contributed by atoms with Crippen LogP contribution < -0.4 is 14.8 Å². The van der Waals surface area contributed by atoms with E-state index in [2.05, 4.69) is 24.1 Å². The standard InChI is InChI=1S/C24H30F2N2O3/c1-4-13-28(14-5-2)15-16-31-23-17-18(9-11-22(23)30-3)27-24(29)12-10-19-20(25)7-6-8-21(19)26/h6-12,17H,4-5,13-16H2,1-3H3,(H,27,29). The average Bonchev–Trinajstić information content (AvgIpc) is 2.74. The number of hydrogen-bond acceptors (Lipinski definition) is 4. The summed E-state index contributed by atoms with van der Waals surface area (Å²) in [4.78, 5) is 14.5. The predicted octanol–water partition coefficient (Wildman–Crippen LogP) is 5.13. The van der Waals surface area contributed by atoms with Crippen LogP contribution in [0.5, 0.6) is 11.5 Å². The molecule has 0 bridgehead atoms. The smallest absolute Gasteiger partial charge is 0.248 e. The summed E-state index contributed by atoms with van der Waals surface area (Å²) in [5, 5.41) is 2.67. The minimum atomic E-state index is -0.732. The number of anilines is 1. The van der Waals surface area contributed by atoms with E-state index in [1.807, 2.05) is 0 Å². The summed E-state index contributed by atoms with van der Waals surface area (Å²) in [6.45, 7) is 7.60. The van der Waals surface area contributed by atoms with Gasteiger partial charge in [0, 0.05) is 29.9 Å². The molecule has 0 radical (unpaired) electrons. The normalized spacial score (nSPS) is 11.2. The topological polar surface area (TPSA) is 50.8 Å². The molecule has 0 aromatic heterocycles. The van der Waals surface area contributed by atoms with E-state index in [-0.39, 0.29) is 5.56 Å². The molecule has 0 aliphatic rings. The molecule has 0 spiro atoms. The van der Waals surface area contributed by atoms with Gasteiger partial charge in [0.15, 0.2) is 11.5 Å². The van der Waals surface area contributed by atoms with Gasteiger partial charge in [-0.1, -0.05) is 19.9 Å². The zero-order valence-electron chi connectivity index (χ0n) is 18.3. The molecule has 0 heterocycles. The van der Waals surface area contributed by atoms with Gasteiger partial charge in [-0.25, -0.2) is 8.78 Å². The SMILES string of the molecule is CCCN(CCC)CCOc1cc(NC(=O)C=Cc2c(F)cccc2F)ccc1OC. The molecule has 1 N–H and O–H groups in total. The Morgan fingerprint density at radius 1 is 1.03 bits per heavy atom. The van der Waals surface area contributed by atoms with Crippen molar-refractivity contribution in [3.05, 3.63) is 59.7 Å². The summed E-state index contributed by atoms with van der Waals surface area (Å²) in [7, 11) is 1.55. The lowest BCUT2D eigenvalue weighted by atomic mass is 10.2. The van der Waals surface area contributed by atoms with E-state index in [9.17, 15) is 13.6 Å². The third-order valence-corrected chi connectivity index (χ3v) is 4.58. The molecule has 0 aliphatic heterocycles. The zero-order chi connectivity index (χ0) is 22.6. The highest BCUT2D eigenvalue weighted by Gasteiger charge is 2.10. The summed E-state index contributed by atoms with van der Waals surface area (Å²) < 4.78 is 38.6. The number of halogens is 2. The predicted molar refractivity (Wildman–Crippen MR) is 120 cm³/mol. The molecule has 2 aromatic carbocycles. The molecule has 0 saturated heterocycles. The van der Waals surface area contributed by atoms with Crippen molar-refractivity contribution in [2.45, 2.75) is 26.7 Å². The van der Waals surface area contributed by atoms with Crippen LogP contribution in [0.4, 0.5) is 14.5 Å². The summed E-state index contributed by atoms with van der Waals surface area (Å²) in [6.07, 6.45) is 4.35. The fourth-order valence-corrected chi connectivity index (χ4v) is 3.13. The van der Waals surface area contributed by atoms with Crippen LogP contribution in [0, 0.1) is 11.6 Å². The number of nitrogens with one attached hydrogen (secondary N) is 1. The van der Waals surface area contributed by atoms with Crippen molar-refractivity contribution in [3.63, 3.8) is 0 Å². The van der Waals surface area contributed by atoms with Gasteiger partial charge in [0.1, 0.15) is 18.2 Å². The molecule has 0 aliphatic carbocycles. The summed E-state index contributed by atoms with van der Waals surface area (Å²) in [5.74, 6) is -0.915. The molecule has 0 unspecified atom stereocenters. The molecular weight excluding hydrogens is 402 g/mol. The Balaban J connectivity index is 2.02. The highest BCUT2D eigenvalue weighted by molar-refractivity contribution is 6.02. The van der Waals surface area contributed by atoms with Gasteiger partial charge < -0.3 is 14.8 Å². The monoisotopic (exact) mass is 432 g/mol. The number of rotatable bonds is 12. The molecule has 7 heteroatoms. The molecule has 2 aromatic rings. The molecule has 168 valence electrons. The minimum absolute atomic E-state index is 0.264. The lowest BCUT2D eigenvalue weighted by molar-refractivity contribution is -0.111. The first-order chi connectivity index (χ1) is 15.0. The first-order valence-corrected chi connectivity index (χ1v) is 10.4. The van der Waals surface area contributed by atoms with Crippen molar-refractivity contribution in [2.24, 2.45) is 0 Å². The average molecular weight is 433 g/mol. The number of benzene rings is 2. The van der Waals surface area contributed by atoms with Crippen molar-refractivity contribution in [1.29, 1.82) is 0 Å². The van der Waals surface area contributed by atoms with Crippen LogP contribution in [0.1, 0.15) is 32.3 Å². The summed E-state index contributed by atoms with van der Waals surface area (Å²) in [6, 6.07) is 8.57. The van der Waals surface area contributed by atoms with Crippen LogP contribution >= 0.6 is 0 Å². The third kappa shape index (κ3) is 7.68. The molecule has 31 heavy (non-hydrogen) atoms. The second kappa shape index (κ2) is 12.7. The van der Waals surface area contributed by atoms with E-state index in [0.29, 0.717) is 23.8 Å². The van der Waals surface area contributed by atoms with Crippen LogP contribution in [-0.2, 0) is 4.79 Å². The van der Waals surface area contributed by atoms with Gasteiger partial charge in [0.2, 0.25) is 5.91 Å². The lowest BCUT2D eigenvalue weighted by Gasteiger charge is -2.21. The maximum atomic E-state index is 13.7. The highest BCUT2D eigenvalue weighted by Crippen LogP contribution is 2.30. The molecular formula is C24H30F2N2O3. The number of methoxy groups -OCH3 is 1. The Morgan fingerprint density at radius 2 is 1.71 bits per heavy atom. The Morgan fingerprint density at radius 3 is 2.32 bits per heavy atom. The van der Waals surface area contributed by atoms with Crippen molar-refractivity contribution in [1.82, 2.24) is 4.90 Å². The number of ether oxygens (including phenoxy) is 2. The Labute approximate surface area is 182 Å². The van der Waals surface area contributed by atoms with Gasteiger partial charge in [-0.3, -0.25) is 9.69 Å². The first kappa shape index (κ1) is 24.3. The van der Waals surface area contributed by atoms with E-state index in [0.717, 1.165) is 56.8 Å². The van der Waals surface area contributed by atoms with Gasteiger partial charge in [0.05, 0.1) is 7.11 Å². The van der Waals surface area contributed by atoms with Crippen LogP contribution in [0.25, 0.3) is 6.08 Å². The van der Waals surface area contributed by atoms with E-state index < -0.39 is 17.5 Å². The lowest BCUT2D eigenvalue weighted by Crippen LogP contribution is -2.30. The van der Waals surface area contributed by atoms with Crippen LogP contribution in [-0.4, -0.2) is 44.2 Å². The Kier molecular flexibility index (Phi) is 9.97. The zero-order valence-corrected chi connectivity index (χ0v) is 18.3. The molecule has 5 nitrogen and oxygen atoms in total. The summed E-state index contributed by atoms with van der Waals surface area (Å²) in [5.41, 5.74) is 0.221. The van der Waals surface area contributed by atoms with E-state index in [4.69, 9.17) is 9.47 Å². The van der Waals surface area contributed by atoms with Crippen molar-refractivity contribution in [3.8, 4) is 11.5 Å². The molecule has 0 atom stereocenters. The van der Waals surface area contributed by atoms with Gasteiger partial charge in [-0.05, 0) is 56.3 Å². The summed E-state index contributed by atoms with van der Waals surface area (Å²) >= 11 is 0. The Bertz CT molecular complexity index is 861. The second-order valence-electron chi connectivity index (χ2n) is 7.01. The van der Waals surface area contributed by atoms with Crippen LogP contribution in [0.15, 0.2) is 42.5 Å². The van der Waals surface area contributed by atoms with Crippen LogP contribution in [0.2, 0.25) is 0 Å². The number of hydrogen-bond donors (Lipinski definition) is 1. The van der Waals surface area contributed by atoms with Gasteiger partial charge in [-0.2, -0.15) is 0 Å². The molecule has 0 saturated carbocycles. The molecule has 1 amide bonds. The second-order valence-corrected chi connectivity index (χ2v) is 7.01. The van der Waals surface area contributed by atoms with E-state index >= 15 is 0 Å². The molecule has 0 fully saturated rings. The number of carbonyl (C=O) groups excluding carboxylic acids is 1. The third-order valence-electron chi connectivity index (χ3n) is 4.58. The van der Waals surface area contributed by atoms with Gasteiger partial charge >= 0.3 is 0 Å². The largest absolute Gasteiger partial charge is 0.493 e. The minimum Gasteiger partial charge on any atom is -0.493 e.